The maximum atomic E-state index is 13.2. The summed E-state index contributed by atoms with van der Waals surface area (Å²) in [5.74, 6) is -0.295. The summed E-state index contributed by atoms with van der Waals surface area (Å²) in [5.41, 5.74) is 0.789. The molecule has 0 bridgehead atoms. The number of hydrogen-bond donors (Lipinski definition) is 1. The molecule has 128 valence electrons. The number of nitrogens with zero attached hydrogens (tertiary/aromatic N) is 2. The Kier molecular flexibility index (Phi) is 4.94. The average Bonchev–Trinajstić information content (AvgIpc) is 2.59. The van der Waals surface area contributed by atoms with E-state index in [9.17, 15) is 14.0 Å². The lowest BCUT2D eigenvalue weighted by Crippen LogP contribution is -2.48. The molecule has 0 spiro atoms. The number of hydrogen-bond acceptors (Lipinski definition) is 3. The highest BCUT2D eigenvalue weighted by Gasteiger charge is 2.20. The number of carbonyl (C=O) groups excluding carboxylic acids is 1. The fraction of sp³-hybridized carbons (Fsp3) is 0.444. The van der Waals surface area contributed by atoms with Gasteiger partial charge in [0.1, 0.15) is 5.82 Å². The second-order valence-corrected chi connectivity index (χ2v) is 6.17. The number of fused-ring (bicyclic) bond motifs is 1. The van der Waals surface area contributed by atoms with E-state index in [2.05, 4.69) is 16.8 Å². The fourth-order valence-corrected chi connectivity index (χ4v) is 3.12. The van der Waals surface area contributed by atoms with E-state index in [-0.39, 0.29) is 17.3 Å². The van der Waals surface area contributed by atoms with E-state index in [0.717, 1.165) is 38.1 Å². The van der Waals surface area contributed by atoms with Crippen molar-refractivity contribution in [3.8, 4) is 0 Å². The highest BCUT2D eigenvalue weighted by Crippen LogP contribution is 2.14. The summed E-state index contributed by atoms with van der Waals surface area (Å²) in [6.07, 6.45) is 0.720. The smallest absolute Gasteiger partial charge is 0.251 e. The third kappa shape index (κ3) is 3.64. The summed E-state index contributed by atoms with van der Waals surface area (Å²) in [5, 5.41) is 0.773. The number of aromatic amines is 1. The molecule has 5 nitrogen and oxygen atoms in total. The van der Waals surface area contributed by atoms with Crippen LogP contribution in [0, 0.1) is 5.82 Å². The van der Waals surface area contributed by atoms with Crippen LogP contribution in [0.4, 0.5) is 4.39 Å². The van der Waals surface area contributed by atoms with Gasteiger partial charge in [0.2, 0.25) is 5.91 Å². The van der Waals surface area contributed by atoms with Gasteiger partial charge in [-0.05, 0) is 42.6 Å². The largest absolute Gasteiger partial charge is 0.340 e. The Balaban J connectivity index is 1.65. The van der Waals surface area contributed by atoms with Crippen LogP contribution < -0.4 is 5.56 Å². The van der Waals surface area contributed by atoms with E-state index in [1.807, 2.05) is 4.90 Å². The van der Waals surface area contributed by atoms with E-state index in [1.165, 1.54) is 12.1 Å². The topological polar surface area (TPSA) is 56.4 Å². The number of piperazine rings is 1. The van der Waals surface area contributed by atoms with Crippen LogP contribution in [0.25, 0.3) is 10.9 Å². The minimum absolute atomic E-state index is 0.0874. The molecule has 3 rings (SSSR count). The number of amides is 1. The molecule has 0 atom stereocenters. The van der Waals surface area contributed by atoms with E-state index < -0.39 is 0 Å². The van der Waals surface area contributed by atoms with Gasteiger partial charge in [0.05, 0.1) is 5.52 Å². The van der Waals surface area contributed by atoms with Gasteiger partial charge in [0, 0.05) is 38.2 Å². The number of aromatic nitrogens is 1. The van der Waals surface area contributed by atoms with Crippen LogP contribution in [0.3, 0.4) is 0 Å². The number of likely N-dealkylation sites (N-methyl/N-ethyl adjacent to an activating group) is 1. The summed E-state index contributed by atoms with van der Waals surface area (Å²) < 4.78 is 13.2. The van der Waals surface area contributed by atoms with Crippen LogP contribution in [0.5, 0.6) is 0 Å². The van der Waals surface area contributed by atoms with Gasteiger partial charge in [-0.2, -0.15) is 0 Å². The standard InChI is InChI=1S/C18H22FN3O2/c1-2-21-7-9-22(10-8-21)17(23)6-4-14-11-13-3-5-15(19)12-16(13)20-18(14)24/h3,5,11-12H,2,4,6-10H2,1H3,(H,20,24). The van der Waals surface area contributed by atoms with Crippen molar-refractivity contribution in [3.63, 3.8) is 0 Å². The lowest BCUT2D eigenvalue weighted by molar-refractivity contribution is -0.132. The number of halogens is 1. The van der Waals surface area contributed by atoms with Gasteiger partial charge in [-0.25, -0.2) is 4.39 Å². The highest BCUT2D eigenvalue weighted by atomic mass is 19.1. The number of benzene rings is 1. The van der Waals surface area contributed by atoms with Crippen molar-refractivity contribution >= 4 is 16.8 Å². The van der Waals surface area contributed by atoms with Crippen molar-refractivity contribution in [1.29, 1.82) is 0 Å². The molecule has 1 N–H and O–H groups in total. The molecule has 0 unspecified atom stereocenters. The van der Waals surface area contributed by atoms with Crippen molar-refractivity contribution in [1.82, 2.24) is 14.8 Å². The van der Waals surface area contributed by atoms with Gasteiger partial charge < -0.3 is 14.8 Å². The molecule has 1 aromatic carbocycles. The van der Waals surface area contributed by atoms with Crippen LogP contribution in [0.15, 0.2) is 29.1 Å². The Morgan fingerprint density at radius 1 is 1.21 bits per heavy atom. The zero-order valence-corrected chi connectivity index (χ0v) is 13.8. The summed E-state index contributed by atoms with van der Waals surface area (Å²) in [6, 6.07) is 6.05. The van der Waals surface area contributed by atoms with Crippen molar-refractivity contribution in [3.05, 3.63) is 46.0 Å². The molecule has 1 saturated heterocycles. The first kappa shape index (κ1) is 16.6. The van der Waals surface area contributed by atoms with E-state index >= 15 is 0 Å². The van der Waals surface area contributed by atoms with Crippen LogP contribution in [0.1, 0.15) is 18.9 Å². The molecule has 1 fully saturated rings. The molecule has 1 amide bonds. The summed E-state index contributed by atoms with van der Waals surface area (Å²) in [6.45, 7) is 6.44. The van der Waals surface area contributed by atoms with Crippen LogP contribution in [0.2, 0.25) is 0 Å². The zero-order chi connectivity index (χ0) is 17.1. The molecular weight excluding hydrogens is 309 g/mol. The zero-order valence-electron chi connectivity index (χ0n) is 13.8. The van der Waals surface area contributed by atoms with Gasteiger partial charge >= 0.3 is 0 Å². The fourth-order valence-electron chi connectivity index (χ4n) is 3.12. The van der Waals surface area contributed by atoms with E-state index in [4.69, 9.17) is 0 Å². The molecule has 2 heterocycles. The monoisotopic (exact) mass is 331 g/mol. The Morgan fingerprint density at radius 2 is 1.96 bits per heavy atom. The van der Waals surface area contributed by atoms with E-state index in [1.54, 1.807) is 12.1 Å². The van der Waals surface area contributed by atoms with Crippen molar-refractivity contribution < 1.29 is 9.18 Å². The second kappa shape index (κ2) is 7.13. The molecule has 1 aromatic heterocycles. The van der Waals surface area contributed by atoms with Crippen molar-refractivity contribution in [2.75, 3.05) is 32.7 Å². The maximum Gasteiger partial charge on any atom is 0.251 e. The molecule has 0 saturated carbocycles. The van der Waals surface area contributed by atoms with Gasteiger partial charge in [-0.15, -0.1) is 0 Å². The molecule has 1 aliphatic rings. The Bertz CT molecular complexity index is 794. The molecule has 6 heteroatoms. The van der Waals surface area contributed by atoms with Gasteiger partial charge in [-0.3, -0.25) is 9.59 Å². The number of nitrogens with one attached hydrogen (secondary N) is 1. The predicted molar refractivity (Wildman–Crippen MR) is 91.5 cm³/mol. The minimum Gasteiger partial charge on any atom is -0.340 e. The maximum absolute atomic E-state index is 13.2. The molecule has 2 aromatic rings. The summed E-state index contributed by atoms with van der Waals surface area (Å²) in [4.78, 5) is 31.3. The first-order chi connectivity index (χ1) is 11.6. The SMILES string of the molecule is CCN1CCN(C(=O)CCc2cc3ccc(F)cc3[nH]c2=O)CC1. The van der Waals surface area contributed by atoms with Crippen LogP contribution in [-0.4, -0.2) is 53.4 Å². The number of rotatable bonds is 4. The third-order valence-corrected chi connectivity index (χ3v) is 4.67. The minimum atomic E-state index is -0.382. The van der Waals surface area contributed by atoms with Crippen molar-refractivity contribution in [2.45, 2.75) is 19.8 Å². The Labute approximate surface area is 140 Å². The van der Waals surface area contributed by atoms with Crippen molar-refractivity contribution in [2.24, 2.45) is 0 Å². The quantitative estimate of drug-likeness (QED) is 0.929. The van der Waals surface area contributed by atoms with Crippen LogP contribution >= 0.6 is 0 Å². The average molecular weight is 331 g/mol. The lowest BCUT2D eigenvalue weighted by Gasteiger charge is -2.34. The highest BCUT2D eigenvalue weighted by molar-refractivity contribution is 5.79. The molecule has 1 aliphatic heterocycles. The number of H-pyrrole nitrogens is 1. The summed E-state index contributed by atoms with van der Waals surface area (Å²) in [7, 11) is 0. The normalized spacial score (nSPS) is 15.8. The summed E-state index contributed by atoms with van der Waals surface area (Å²) >= 11 is 0. The number of pyridine rings is 1. The van der Waals surface area contributed by atoms with Crippen LogP contribution in [-0.2, 0) is 11.2 Å². The molecule has 0 aliphatic carbocycles. The second-order valence-electron chi connectivity index (χ2n) is 6.17. The van der Waals surface area contributed by atoms with Gasteiger partial charge in [0.25, 0.3) is 5.56 Å². The first-order valence-corrected chi connectivity index (χ1v) is 8.38. The number of carbonyl (C=O) groups is 1. The van der Waals surface area contributed by atoms with Gasteiger partial charge in [0.15, 0.2) is 0 Å². The predicted octanol–water partition coefficient (Wildman–Crippen LogP) is 1.76. The van der Waals surface area contributed by atoms with Gasteiger partial charge in [-0.1, -0.05) is 6.92 Å². The molecular formula is C18H22FN3O2. The first-order valence-electron chi connectivity index (χ1n) is 8.38. The lowest BCUT2D eigenvalue weighted by atomic mass is 10.1. The number of aryl methyl sites for hydroxylation is 1. The Hall–Kier alpha value is -2.21. The Morgan fingerprint density at radius 3 is 2.67 bits per heavy atom. The molecule has 0 radical (unpaired) electrons. The molecule has 24 heavy (non-hydrogen) atoms. The van der Waals surface area contributed by atoms with E-state index in [0.29, 0.717) is 23.9 Å². The third-order valence-electron chi connectivity index (χ3n) is 4.67.